The number of likely N-dealkylation sites (tertiary alicyclic amines) is 1. The minimum absolute atomic E-state index is 0.000885. The zero-order valence-electron chi connectivity index (χ0n) is 19.5. The number of para-hydroxylation sites is 1. The molecule has 1 unspecified atom stereocenters. The molecular weight excluding hydrogens is 414 g/mol. The lowest BCUT2D eigenvalue weighted by Gasteiger charge is -2.32. The van der Waals surface area contributed by atoms with Crippen LogP contribution in [0.1, 0.15) is 66.2 Å². The summed E-state index contributed by atoms with van der Waals surface area (Å²) >= 11 is 0. The van der Waals surface area contributed by atoms with E-state index in [0.29, 0.717) is 18.0 Å². The number of fused-ring (bicyclic) bond motifs is 2. The van der Waals surface area contributed by atoms with E-state index in [1.54, 1.807) is 0 Å². The fourth-order valence-corrected chi connectivity index (χ4v) is 5.39. The molecule has 33 heavy (non-hydrogen) atoms. The second-order valence-corrected chi connectivity index (χ2v) is 10.3. The number of carbonyl (C=O) groups is 2. The van der Waals surface area contributed by atoms with Crippen LogP contribution in [-0.2, 0) is 17.8 Å². The second-order valence-electron chi connectivity index (χ2n) is 10.3. The first-order valence-corrected chi connectivity index (χ1v) is 12.1. The van der Waals surface area contributed by atoms with Crippen molar-refractivity contribution < 1.29 is 14.3 Å². The number of nitrogens with zero attached hydrogens (tertiary/aromatic N) is 1. The van der Waals surface area contributed by atoms with Crippen molar-refractivity contribution >= 4 is 11.8 Å². The molecule has 6 nitrogen and oxygen atoms in total. The van der Waals surface area contributed by atoms with E-state index < -0.39 is 0 Å². The Labute approximate surface area is 195 Å². The van der Waals surface area contributed by atoms with Gasteiger partial charge in [-0.2, -0.15) is 0 Å². The Balaban J connectivity index is 1.08. The van der Waals surface area contributed by atoms with Crippen LogP contribution in [0.5, 0.6) is 5.75 Å². The molecule has 2 amide bonds. The van der Waals surface area contributed by atoms with E-state index >= 15 is 0 Å². The third kappa shape index (κ3) is 4.76. The average molecular weight is 448 g/mol. The lowest BCUT2D eigenvalue weighted by molar-refractivity contribution is -0.121. The molecule has 1 saturated heterocycles. The van der Waals surface area contributed by atoms with Gasteiger partial charge in [0.05, 0.1) is 12.5 Å². The van der Waals surface area contributed by atoms with Crippen molar-refractivity contribution in [3.8, 4) is 5.75 Å². The lowest BCUT2D eigenvalue weighted by atomic mass is 9.95. The van der Waals surface area contributed by atoms with Crippen molar-refractivity contribution in [2.75, 3.05) is 19.6 Å². The van der Waals surface area contributed by atoms with E-state index in [2.05, 4.69) is 47.6 Å². The molecule has 0 aliphatic carbocycles. The van der Waals surface area contributed by atoms with E-state index in [1.807, 2.05) is 24.3 Å². The molecule has 3 aliphatic heterocycles. The molecule has 2 aromatic rings. The molecule has 2 N–H and O–H groups in total. The van der Waals surface area contributed by atoms with Gasteiger partial charge in [-0.3, -0.25) is 14.5 Å². The van der Waals surface area contributed by atoms with E-state index in [0.717, 1.165) is 50.2 Å². The van der Waals surface area contributed by atoms with E-state index in [-0.39, 0.29) is 29.9 Å². The summed E-state index contributed by atoms with van der Waals surface area (Å²) in [6, 6.07) is 13.8. The van der Waals surface area contributed by atoms with Gasteiger partial charge in [-0.1, -0.05) is 36.4 Å². The number of nitrogens with one attached hydrogen (secondary N) is 2. The predicted octanol–water partition coefficient (Wildman–Crippen LogP) is 3.60. The largest absolute Gasteiger partial charge is 0.487 e. The summed E-state index contributed by atoms with van der Waals surface area (Å²) in [6.45, 7) is 7.97. The minimum Gasteiger partial charge on any atom is -0.487 e. The topological polar surface area (TPSA) is 70.7 Å². The molecular formula is C27H33N3O3. The van der Waals surface area contributed by atoms with Gasteiger partial charge >= 0.3 is 0 Å². The summed E-state index contributed by atoms with van der Waals surface area (Å²) in [5.41, 5.74) is 4.08. The molecule has 1 atom stereocenters. The van der Waals surface area contributed by atoms with Gasteiger partial charge in [0.2, 0.25) is 5.91 Å². The number of hydrogen-bond acceptors (Lipinski definition) is 4. The van der Waals surface area contributed by atoms with Crippen LogP contribution in [-0.4, -0.2) is 41.9 Å². The third-order valence-electron chi connectivity index (χ3n) is 7.14. The zero-order chi connectivity index (χ0) is 23.0. The first kappa shape index (κ1) is 22.0. The Kier molecular flexibility index (Phi) is 5.87. The molecule has 0 bridgehead atoms. The molecule has 6 heteroatoms. The maximum Gasteiger partial charge on any atom is 0.252 e. The fourth-order valence-electron chi connectivity index (χ4n) is 5.39. The van der Waals surface area contributed by atoms with Crippen LogP contribution in [0.25, 0.3) is 0 Å². The molecule has 0 saturated carbocycles. The highest BCUT2D eigenvalue weighted by Crippen LogP contribution is 2.38. The second kappa shape index (κ2) is 8.82. The minimum atomic E-state index is -0.227. The SMILES string of the molecule is CC1(C)Cc2cccc(CN3CCC(CNC(=O)CC4NC(=O)c5ccccc54)CC3)c2O1. The number of hydrogen-bond donors (Lipinski definition) is 2. The molecule has 0 spiro atoms. The molecule has 2 aromatic carbocycles. The van der Waals surface area contributed by atoms with Gasteiger partial charge in [0, 0.05) is 30.6 Å². The van der Waals surface area contributed by atoms with Gasteiger partial charge in [-0.25, -0.2) is 0 Å². The maximum absolute atomic E-state index is 12.5. The van der Waals surface area contributed by atoms with Crippen molar-refractivity contribution in [1.82, 2.24) is 15.5 Å². The molecule has 0 aromatic heterocycles. The van der Waals surface area contributed by atoms with Gasteiger partial charge < -0.3 is 15.4 Å². The Morgan fingerprint density at radius 3 is 2.76 bits per heavy atom. The van der Waals surface area contributed by atoms with Crippen molar-refractivity contribution in [3.05, 3.63) is 64.7 Å². The molecule has 174 valence electrons. The van der Waals surface area contributed by atoms with Crippen LogP contribution in [0.2, 0.25) is 0 Å². The van der Waals surface area contributed by atoms with Gasteiger partial charge in [0.15, 0.2) is 0 Å². The smallest absolute Gasteiger partial charge is 0.252 e. The third-order valence-corrected chi connectivity index (χ3v) is 7.14. The van der Waals surface area contributed by atoms with Crippen molar-refractivity contribution in [2.24, 2.45) is 5.92 Å². The van der Waals surface area contributed by atoms with Crippen LogP contribution in [0.3, 0.4) is 0 Å². The first-order chi connectivity index (χ1) is 15.9. The quantitative estimate of drug-likeness (QED) is 0.710. The highest BCUT2D eigenvalue weighted by Gasteiger charge is 2.32. The number of ether oxygens (including phenoxy) is 1. The number of amides is 2. The summed E-state index contributed by atoms with van der Waals surface area (Å²) in [5, 5.41) is 6.03. The van der Waals surface area contributed by atoms with Gasteiger partial charge in [-0.05, 0) is 62.9 Å². The number of benzene rings is 2. The van der Waals surface area contributed by atoms with E-state index in [9.17, 15) is 9.59 Å². The summed E-state index contributed by atoms with van der Waals surface area (Å²) < 4.78 is 6.24. The van der Waals surface area contributed by atoms with Crippen molar-refractivity contribution in [3.63, 3.8) is 0 Å². The van der Waals surface area contributed by atoms with Crippen LogP contribution < -0.4 is 15.4 Å². The normalized spacial score (nSPS) is 21.8. The average Bonchev–Trinajstić information content (AvgIpc) is 3.29. The van der Waals surface area contributed by atoms with Crippen LogP contribution >= 0.6 is 0 Å². The van der Waals surface area contributed by atoms with Crippen LogP contribution in [0, 0.1) is 5.92 Å². The molecule has 0 radical (unpaired) electrons. The number of piperidine rings is 1. The van der Waals surface area contributed by atoms with Gasteiger partial charge in [-0.15, -0.1) is 0 Å². The fraction of sp³-hybridized carbons (Fsp3) is 0.481. The summed E-state index contributed by atoms with van der Waals surface area (Å²) in [5.74, 6) is 1.48. The van der Waals surface area contributed by atoms with Crippen molar-refractivity contribution in [2.45, 2.75) is 57.7 Å². The summed E-state index contributed by atoms with van der Waals surface area (Å²) in [7, 11) is 0. The Hall–Kier alpha value is -2.86. The summed E-state index contributed by atoms with van der Waals surface area (Å²) in [4.78, 5) is 27.1. The van der Waals surface area contributed by atoms with Crippen LogP contribution in [0.15, 0.2) is 42.5 Å². The summed E-state index contributed by atoms with van der Waals surface area (Å²) in [6.07, 6.45) is 3.40. The first-order valence-electron chi connectivity index (χ1n) is 12.1. The van der Waals surface area contributed by atoms with Crippen molar-refractivity contribution in [1.29, 1.82) is 0 Å². The number of carbonyl (C=O) groups excluding carboxylic acids is 2. The lowest BCUT2D eigenvalue weighted by Crippen LogP contribution is -2.39. The maximum atomic E-state index is 12.5. The molecule has 3 aliphatic rings. The molecule has 5 rings (SSSR count). The zero-order valence-corrected chi connectivity index (χ0v) is 19.5. The van der Waals surface area contributed by atoms with Crippen LogP contribution in [0.4, 0.5) is 0 Å². The highest BCUT2D eigenvalue weighted by atomic mass is 16.5. The standard InChI is InChI=1S/C27H33N3O3/c1-27(2)15-19-6-5-7-20(25(19)33-27)17-30-12-10-18(11-13-30)16-28-24(31)14-23-21-8-3-4-9-22(21)26(32)29-23/h3-9,18,23H,10-17H2,1-2H3,(H,28,31)(H,29,32). The Morgan fingerprint density at radius 2 is 1.94 bits per heavy atom. The monoisotopic (exact) mass is 447 g/mol. The Morgan fingerprint density at radius 1 is 1.15 bits per heavy atom. The predicted molar refractivity (Wildman–Crippen MR) is 127 cm³/mol. The van der Waals surface area contributed by atoms with E-state index in [1.165, 1.54) is 11.1 Å². The highest BCUT2D eigenvalue weighted by molar-refractivity contribution is 5.99. The molecule has 3 heterocycles. The van der Waals surface area contributed by atoms with Gasteiger partial charge in [0.1, 0.15) is 11.4 Å². The van der Waals surface area contributed by atoms with Gasteiger partial charge in [0.25, 0.3) is 5.91 Å². The van der Waals surface area contributed by atoms with E-state index in [4.69, 9.17) is 4.74 Å². The Bertz CT molecular complexity index is 1060. The number of rotatable bonds is 6. The molecule has 1 fully saturated rings.